The van der Waals surface area contributed by atoms with Crippen LogP contribution in [0.3, 0.4) is 0 Å². The van der Waals surface area contributed by atoms with Crippen molar-refractivity contribution < 1.29 is 17.9 Å². The van der Waals surface area contributed by atoms with E-state index < -0.39 is 11.7 Å². The van der Waals surface area contributed by atoms with Crippen LogP contribution < -0.4 is 4.74 Å². The SMILES string of the molecule is FC(F)(F)c1cccc2c(-c3cccc(OCc4cccc5ccccc45)c3)n(Cc3ccccc3)nc12. The molecule has 0 amide bonds. The van der Waals surface area contributed by atoms with Crippen molar-refractivity contribution in [1.29, 1.82) is 0 Å². The Hall–Kier alpha value is -4.58. The molecule has 0 bridgehead atoms. The van der Waals surface area contributed by atoms with Gasteiger partial charge in [0, 0.05) is 10.9 Å². The first-order valence-electron chi connectivity index (χ1n) is 12.3. The predicted octanol–water partition coefficient (Wildman–Crippen LogP) is 8.50. The molecule has 6 aromatic rings. The van der Waals surface area contributed by atoms with Crippen LogP contribution in [0.2, 0.25) is 0 Å². The zero-order chi connectivity index (χ0) is 26.1. The fraction of sp³-hybridized carbons (Fsp3) is 0.0938. The minimum absolute atomic E-state index is 0.0620. The highest BCUT2D eigenvalue weighted by molar-refractivity contribution is 5.95. The summed E-state index contributed by atoms with van der Waals surface area (Å²) >= 11 is 0. The average Bonchev–Trinajstić information content (AvgIpc) is 3.30. The van der Waals surface area contributed by atoms with Gasteiger partial charge in [-0.1, -0.05) is 97.1 Å². The van der Waals surface area contributed by atoms with Crippen molar-refractivity contribution in [3.63, 3.8) is 0 Å². The van der Waals surface area contributed by atoms with E-state index in [2.05, 4.69) is 23.3 Å². The molecule has 188 valence electrons. The van der Waals surface area contributed by atoms with Gasteiger partial charge in [-0.25, -0.2) is 0 Å². The van der Waals surface area contributed by atoms with E-state index in [0.29, 0.717) is 30.0 Å². The van der Waals surface area contributed by atoms with Gasteiger partial charge in [0.2, 0.25) is 0 Å². The molecule has 5 aromatic carbocycles. The van der Waals surface area contributed by atoms with E-state index in [1.807, 2.05) is 78.9 Å². The maximum Gasteiger partial charge on any atom is 0.418 e. The van der Waals surface area contributed by atoms with E-state index in [1.165, 1.54) is 6.07 Å². The third kappa shape index (κ3) is 4.61. The van der Waals surface area contributed by atoms with E-state index >= 15 is 0 Å². The number of alkyl halides is 3. The van der Waals surface area contributed by atoms with Crippen LogP contribution in [0.5, 0.6) is 5.75 Å². The molecule has 0 radical (unpaired) electrons. The second kappa shape index (κ2) is 9.71. The minimum atomic E-state index is -4.51. The number of benzene rings is 5. The Bertz CT molecular complexity index is 1730. The molecule has 3 nitrogen and oxygen atoms in total. The molecule has 0 unspecified atom stereocenters. The van der Waals surface area contributed by atoms with Crippen LogP contribution in [0.1, 0.15) is 16.7 Å². The number of hydrogen-bond donors (Lipinski definition) is 0. The smallest absolute Gasteiger partial charge is 0.418 e. The quantitative estimate of drug-likeness (QED) is 0.226. The number of ether oxygens (including phenoxy) is 1. The zero-order valence-corrected chi connectivity index (χ0v) is 20.3. The molecule has 6 rings (SSSR count). The van der Waals surface area contributed by atoms with Crippen LogP contribution in [0.4, 0.5) is 13.2 Å². The summed E-state index contributed by atoms with van der Waals surface area (Å²) < 4.78 is 49.4. The molecule has 38 heavy (non-hydrogen) atoms. The first kappa shape index (κ1) is 23.8. The summed E-state index contributed by atoms with van der Waals surface area (Å²) in [7, 11) is 0. The lowest BCUT2D eigenvalue weighted by Crippen LogP contribution is -2.06. The van der Waals surface area contributed by atoms with Crippen molar-refractivity contribution in [2.24, 2.45) is 0 Å². The van der Waals surface area contributed by atoms with Crippen LogP contribution in [0, 0.1) is 0 Å². The maximum absolute atomic E-state index is 13.9. The molecule has 0 aliphatic carbocycles. The number of aromatic nitrogens is 2. The topological polar surface area (TPSA) is 27.1 Å². The molecule has 0 aliphatic heterocycles. The number of halogens is 3. The maximum atomic E-state index is 13.9. The van der Waals surface area contributed by atoms with Crippen molar-refractivity contribution in [2.45, 2.75) is 19.3 Å². The predicted molar refractivity (Wildman–Crippen MR) is 144 cm³/mol. The molecular weight excluding hydrogens is 485 g/mol. The monoisotopic (exact) mass is 508 g/mol. The average molecular weight is 509 g/mol. The molecular formula is C32H23F3N2O. The lowest BCUT2D eigenvalue weighted by atomic mass is 10.0. The Morgan fingerprint density at radius 1 is 0.711 bits per heavy atom. The van der Waals surface area contributed by atoms with Crippen LogP contribution in [0.25, 0.3) is 32.9 Å². The van der Waals surface area contributed by atoms with Gasteiger partial charge in [0.1, 0.15) is 17.9 Å². The largest absolute Gasteiger partial charge is 0.489 e. The van der Waals surface area contributed by atoms with Crippen molar-refractivity contribution >= 4 is 21.7 Å². The van der Waals surface area contributed by atoms with Gasteiger partial charge in [0.05, 0.1) is 17.8 Å². The van der Waals surface area contributed by atoms with E-state index in [9.17, 15) is 13.2 Å². The van der Waals surface area contributed by atoms with Crippen LogP contribution >= 0.6 is 0 Å². The number of fused-ring (bicyclic) bond motifs is 2. The van der Waals surface area contributed by atoms with Crippen molar-refractivity contribution in [3.8, 4) is 17.0 Å². The lowest BCUT2D eigenvalue weighted by molar-refractivity contribution is -0.136. The Morgan fingerprint density at radius 3 is 2.26 bits per heavy atom. The highest BCUT2D eigenvalue weighted by Crippen LogP contribution is 2.38. The summed E-state index contributed by atoms with van der Waals surface area (Å²) in [6.45, 7) is 0.705. The molecule has 0 spiro atoms. The van der Waals surface area contributed by atoms with Gasteiger partial charge < -0.3 is 4.74 Å². The molecule has 1 aromatic heterocycles. The van der Waals surface area contributed by atoms with E-state index in [-0.39, 0.29) is 5.52 Å². The summed E-state index contributed by atoms with van der Waals surface area (Å²) in [5.74, 6) is 0.628. The summed E-state index contributed by atoms with van der Waals surface area (Å²) in [5.41, 5.74) is 2.55. The van der Waals surface area contributed by atoms with Gasteiger partial charge in [-0.15, -0.1) is 0 Å². The van der Waals surface area contributed by atoms with Crippen molar-refractivity contribution in [3.05, 3.63) is 132 Å². The highest BCUT2D eigenvalue weighted by Gasteiger charge is 2.34. The van der Waals surface area contributed by atoms with Gasteiger partial charge in [-0.05, 0) is 40.1 Å². The fourth-order valence-electron chi connectivity index (χ4n) is 4.87. The molecule has 0 saturated heterocycles. The standard InChI is InChI=1S/C32H23F3N2O/c33-32(34,35)29-18-8-17-28-30(29)36-37(20-22-9-2-1-3-10-22)31(28)24-13-7-15-26(19-24)38-21-25-14-6-12-23-11-4-5-16-27(23)25/h1-19H,20-21H2. The van der Waals surface area contributed by atoms with Gasteiger partial charge in [0.25, 0.3) is 0 Å². The Morgan fingerprint density at radius 2 is 1.42 bits per heavy atom. The Kier molecular flexibility index (Phi) is 6.08. The van der Waals surface area contributed by atoms with Crippen LogP contribution in [-0.4, -0.2) is 9.78 Å². The number of hydrogen-bond acceptors (Lipinski definition) is 2. The van der Waals surface area contributed by atoms with Crippen molar-refractivity contribution in [1.82, 2.24) is 9.78 Å². The van der Waals surface area contributed by atoms with E-state index in [0.717, 1.165) is 33.5 Å². The van der Waals surface area contributed by atoms with Gasteiger partial charge >= 0.3 is 6.18 Å². The lowest BCUT2D eigenvalue weighted by Gasteiger charge is -2.12. The Balaban J connectivity index is 1.41. The van der Waals surface area contributed by atoms with Crippen LogP contribution in [-0.2, 0) is 19.3 Å². The third-order valence-corrected chi connectivity index (χ3v) is 6.63. The van der Waals surface area contributed by atoms with Crippen LogP contribution in [0.15, 0.2) is 115 Å². The third-order valence-electron chi connectivity index (χ3n) is 6.63. The van der Waals surface area contributed by atoms with E-state index in [4.69, 9.17) is 4.74 Å². The van der Waals surface area contributed by atoms with Gasteiger partial charge in [-0.2, -0.15) is 18.3 Å². The number of nitrogens with zero attached hydrogens (tertiary/aromatic N) is 2. The summed E-state index contributed by atoms with van der Waals surface area (Å²) in [4.78, 5) is 0. The molecule has 0 saturated carbocycles. The first-order valence-corrected chi connectivity index (χ1v) is 12.3. The minimum Gasteiger partial charge on any atom is -0.489 e. The normalized spacial score (nSPS) is 11.8. The number of rotatable bonds is 6. The molecule has 0 aliphatic rings. The molecule has 1 heterocycles. The van der Waals surface area contributed by atoms with Crippen molar-refractivity contribution in [2.75, 3.05) is 0 Å². The summed E-state index contributed by atoms with van der Waals surface area (Å²) in [5, 5.41) is 7.17. The first-order chi connectivity index (χ1) is 18.5. The second-order valence-corrected chi connectivity index (χ2v) is 9.15. The molecule has 0 atom stereocenters. The molecule has 0 fully saturated rings. The summed E-state index contributed by atoms with van der Waals surface area (Å²) in [6.07, 6.45) is -4.51. The molecule has 6 heteroatoms. The zero-order valence-electron chi connectivity index (χ0n) is 20.3. The van der Waals surface area contributed by atoms with Gasteiger partial charge in [0.15, 0.2) is 0 Å². The molecule has 0 N–H and O–H groups in total. The second-order valence-electron chi connectivity index (χ2n) is 9.15. The highest BCUT2D eigenvalue weighted by atomic mass is 19.4. The van der Waals surface area contributed by atoms with E-state index in [1.54, 1.807) is 10.7 Å². The van der Waals surface area contributed by atoms with Gasteiger partial charge in [-0.3, -0.25) is 4.68 Å². The Labute approximate surface area is 217 Å². The fourth-order valence-corrected chi connectivity index (χ4v) is 4.87. The summed E-state index contributed by atoms with van der Waals surface area (Å²) in [6, 6.07) is 35.5.